The van der Waals surface area contributed by atoms with Gasteiger partial charge in [0, 0.05) is 136 Å². The predicted molar refractivity (Wildman–Crippen MR) is 526 cm³/mol. The lowest BCUT2D eigenvalue weighted by atomic mass is 10.0. The van der Waals surface area contributed by atoms with E-state index in [1.165, 1.54) is 45.8 Å². The molecule has 11 saturated heterocycles. The van der Waals surface area contributed by atoms with Crippen LogP contribution in [0.5, 0.6) is 0 Å². The van der Waals surface area contributed by atoms with Gasteiger partial charge in [0.05, 0.1) is 151 Å². The highest BCUT2D eigenvalue weighted by Gasteiger charge is 2.52. The number of carboxylic acid groups (broad SMARTS) is 1. The maximum absolute atomic E-state index is 13.3. The minimum atomic E-state index is -3.59. The lowest BCUT2D eigenvalue weighted by Gasteiger charge is -2.45. The first-order valence-electron chi connectivity index (χ1n) is 47.2. The van der Waals surface area contributed by atoms with Crippen molar-refractivity contribution in [3.63, 3.8) is 0 Å². The smallest absolute Gasteiger partial charge is 0.411 e. The topological polar surface area (TPSA) is 420 Å². The number of piperazine rings is 3. The summed E-state index contributed by atoms with van der Waals surface area (Å²) in [5, 5.41) is 53.8. The Morgan fingerprint density at radius 3 is 1.51 bits per heavy atom. The number of morpholine rings is 4. The van der Waals surface area contributed by atoms with Crippen molar-refractivity contribution >= 4 is 94.2 Å². The van der Waals surface area contributed by atoms with Gasteiger partial charge in [-0.25, -0.2) is 55.9 Å². The van der Waals surface area contributed by atoms with Gasteiger partial charge in [0.15, 0.2) is 6.04 Å². The van der Waals surface area contributed by atoms with Gasteiger partial charge in [-0.05, 0) is 167 Å². The van der Waals surface area contributed by atoms with Crippen LogP contribution in [-0.4, -0.2) is 343 Å². The number of nitrogens with zero attached hydrogens (tertiary/aromatic N) is 11. The monoisotopic (exact) mass is 2050 g/mol. The average Bonchev–Trinajstić information content (AvgIpc) is 1.67. The molecule has 11 aliphatic heterocycles. The number of aliphatic hydroxyl groups is 3. The second-order valence-corrected chi connectivity index (χ2v) is 47.2. The zero-order chi connectivity index (χ0) is 100. The number of aliphatic hydroxyl groups excluding tert-OH is 1. The number of thiophene rings is 2. The lowest BCUT2D eigenvalue weighted by Crippen LogP contribution is -2.61. The van der Waals surface area contributed by atoms with Crippen molar-refractivity contribution < 1.29 is 104 Å². The molecule has 7 N–H and O–H groups in total. The number of aromatic nitrogens is 4. The molecule has 0 radical (unpaired) electrons. The quantitative estimate of drug-likeness (QED) is 0.0212. The number of nitrogens with one attached hydrogen (secondary N) is 3. The highest BCUT2D eigenvalue weighted by atomic mass is 35.7. The molecule has 15 atom stereocenters. The van der Waals surface area contributed by atoms with Crippen molar-refractivity contribution in [2.75, 3.05) is 130 Å². The van der Waals surface area contributed by atoms with E-state index in [-0.39, 0.29) is 71.5 Å². The third kappa shape index (κ3) is 32.6. The van der Waals surface area contributed by atoms with Gasteiger partial charge in [-0.2, -0.15) is 4.31 Å². The van der Waals surface area contributed by atoms with Crippen molar-refractivity contribution in [1.29, 1.82) is 0 Å². The molecule has 0 spiro atoms. The second kappa shape index (κ2) is 49.6. The van der Waals surface area contributed by atoms with Crippen LogP contribution in [0.4, 0.5) is 20.3 Å². The standard InChI is InChI=1S/C22H31N5O5S2.C18H27N3O2.C18H25NO4.C15H26N2O6.C13H17NO2.C7H9ClN2O.C4H3ClO2S2/c1-22(2,29)15-9-23-21(24-10-15)26-6-5-25(34(30,31)20-4-3-7-33-20)11-17(26)12-27-16-8-19(28)18(27)14-32-13-16;1-2-4-14(5-3-1)11-23-18-8-16-12-22-13-17(18)21(16)10-15-9-19-6-7-20-15;1-18(2,3)23-17(20)19-14-9-16(15(19)12-21-11-14)22-10-13-7-5-4-6-8-13;1-14(2,3)22-12(20)16-7-8-17(10(9-16)11(18)19)13(21)23-15(4,5)6;1-2-4-10(5-3-1)7-16-13-6-11-8-15-9-12(13)14-11;1-7(2,11)5-3-9-6(8)10-4-5;5-9(6,7)4-2-1-3-8-4/h3-4,7,9-10,16-19,28-29H,5-6,8,11-14H2,1-2H3;1-5,15-20H,6-13H2;4-8,14-16H,9-12H2,1-3H3;10H,7-9H2,1-6H3,(H,18,19);1-5,11-14H,6-9H2;3-4,11H,1-2H3;1-3H/t16?,17-,18?,19?;15-,16?,17?,18?;;10-;;;/m11.1.../s1. The molecule has 15 heterocycles. The zero-order valence-electron chi connectivity index (χ0n) is 81.4. The maximum atomic E-state index is 13.3. The number of anilines is 1. The third-order valence-corrected chi connectivity index (χ3v) is 31.3. The van der Waals surface area contributed by atoms with Crippen molar-refractivity contribution in [2.24, 2.45) is 0 Å². The predicted octanol–water partition coefficient (Wildman–Crippen LogP) is 10.4. The molecule has 36 nitrogen and oxygen atoms in total. The fourth-order valence-electron chi connectivity index (χ4n) is 17.9. The molecule has 7 aromatic rings. The molecule has 11 aliphatic rings. The van der Waals surface area contributed by atoms with E-state index in [1.54, 1.807) is 115 Å². The van der Waals surface area contributed by atoms with Gasteiger partial charge < -0.3 is 93.5 Å². The molecule has 3 aromatic carbocycles. The van der Waals surface area contributed by atoms with E-state index in [9.17, 15) is 56.4 Å². The number of halogens is 2. The van der Waals surface area contributed by atoms with Gasteiger partial charge in [0.2, 0.25) is 11.2 Å². The van der Waals surface area contributed by atoms with Crippen LogP contribution >= 0.6 is 45.0 Å². The Hall–Kier alpha value is -7.86. The van der Waals surface area contributed by atoms with E-state index < -0.39 is 77.4 Å². The number of benzene rings is 3. The third-order valence-electron chi connectivity index (χ3n) is 24.8. The molecule has 12 unspecified atom stereocenters. The number of hydrogen-bond acceptors (Lipinski definition) is 33. The molecule has 139 heavy (non-hydrogen) atoms. The fraction of sp³-hybridized carbons (Fsp3) is 0.608. The number of carboxylic acids is 1. The van der Waals surface area contributed by atoms with Gasteiger partial charge in [0.25, 0.3) is 19.1 Å². The number of hydrogen-bond donors (Lipinski definition) is 7. The summed E-state index contributed by atoms with van der Waals surface area (Å²) in [6.07, 6.45) is 8.50. The first kappa shape index (κ1) is 110. The summed E-state index contributed by atoms with van der Waals surface area (Å²) >= 11 is 7.79. The van der Waals surface area contributed by atoms with E-state index in [1.807, 2.05) is 80.3 Å². The molecule has 4 aromatic heterocycles. The number of carbonyl (C=O) groups is 4. The molecular weight excluding hydrogens is 1910 g/mol. The Bertz CT molecular complexity index is 5210. The highest BCUT2D eigenvalue weighted by molar-refractivity contribution is 8.15. The van der Waals surface area contributed by atoms with Gasteiger partial charge in [0.1, 0.15) is 25.2 Å². The Labute approximate surface area is 833 Å². The first-order chi connectivity index (χ1) is 65.8. The number of sulfonamides is 1. The minimum absolute atomic E-state index is 0.00442. The molecule has 0 aliphatic carbocycles. The summed E-state index contributed by atoms with van der Waals surface area (Å²) in [6.45, 7) is 36.1. The normalized spacial score (nSPS) is 26.0. The van der Waals surface area contributed by atoms with E-state index in [0.29, 0.717) is 143 Å². The largest absolute Gasteiger partial charge is 0.480 e. The Morgan fingerprint density at radius 1 is 0.518 bits per heavy atom. The number of amides is 3. The number of ether oxygens (including phenoxy) is 10. The van der Waals surface area contributed by atoms with Crippen LogP contribution in [0.1, 0.15) is 144 Å². The number of fused-ring (bicyclic) bond motifs is 8. The van der Waals surface area contributed by atoms with Crippen molar-refractivity contribution in [1.82, 2.24) is 64.7 Å². The SMILES string of the molecule is CC(C)(C)OC(=O)N1C2COCC1C(OCc1ccccc1)C2.CC(C)(C)OC(=O)N1CCN(C(=O)OC(C)(C)C)[C@@H](C(=O)O)C1.CC(C)(O)c1cnc(Cl)nc1.CC(C)(O)c1cnc(N2CCN(S(=O)(=O)c3cccs3)C[C@@H]2CN2C3COCC2C(O)C3)nc1.O=S(=O)(Cl)c1cccs1.c1ccc(COC2CC3COCC2N3)cc1.c1ccc(COC2CC3COCC2N3C[C@H]2CNCCN2)cc1. The van der Waals surface area contributed by atoms with E-state index in [4.69, 9.17) is 69.7 Å². The van der Waals surface area contributed by atoms with E-state index in [2.05, 4.69) is 87.0 Å². The van der Waals surface area contributed by atoms with Crippen LogP contribution in [0.3, 0.4) is 0 Å². The molecule has 11 fully saturated rings. The van der Waals surface area contributed by atoms with Gasteiger partial charge in [-0.1, -0.05) is 103 Å². The zero-order valence-corrected chi connectivity index (χ0v) is 86.2. The summed E-state index contributed by atoms with van der Waals surface area (Å²) in [5.41, 5.74) is 1.07. The summed E-state index contributed by atoms with van der Waals surface area (Å²) in [6, 6.07) is 38.3. The fourth-order valence-corrected chi connectivity index (χ4v) is 22.4. The van der Waals surface area contributed by atoms with Crippen LogP contribution in [0.25, 0.3) is 0 Å². The van der Waals surface area contributed by atoms with Gasteiger partial charge >= 0.3 is 24.2 Å². The highest BCUT2D eigenvalue weighted by Crippen LogP contribution is 2.38. The number of aliphatic carboxylic acids is 1. The molecular formula is C97H138Cl2N14O22S4. The lowest BCUT2D eigenvalue weighted by molar-refractivity contribution is -0.145. The molecule has 8 bridgehead atoms. The number of carbonyl (C=O) groups excluding carboxylic acids is 3. The molecule has 0 saturated carbocycles. The number of rotatable bonds is 20. The van der Waals surface area contributed by atoms with E-state index >= 15 is 0 Å². The molecule has 3 amide bonds. The molecule has 18 rings (SSSR count). The molecule has 766 valence electrons. The van der Waals surface area contributed by atoms with Crippen LogP contribution < -0.4 is 20.9 Å². The summed E-state index contributed by atoms with van der Waals surface area (Å²) < 4.78 is 106. The van der Waals surface area contributed by atoms with Crippen LogP contribution in [0.2, 0.25) is 5.28 Å². The Morgan fingerprint density at radius 2 is 1.01 bits per heavy atom. The summed E-state index contributed by atoms with van der Waals surface area (Å²) in [4.78, 5) is 75.9. The first-order valence-corrected chi connectivity index (χ1v) is 53.1. The van der Waals surface area contributed by atoms with Gasteiger partial charge in [-0.3, -0.25) is 19.6 Å². The summed E-state index contributed by atoms with van der Waals surface area (Å²) in [5.74, 6) is -0.684. The molecule has 42 heteroatoms. The van der Waals surface area contributed by atoms with Gasteiger partial charge in [-0.15, -0.1) is 22.7 Å². The van der Waals surface area contributed by atoms with Crippen LogP contribution in [-0.2, 0) is 102 Å². The van der Waals surface area contributed by atoms with E-state index in [0.717, 1.165) is 93.7 Å². The van der Waals surface area contributed by atoms with Crippen molar-refractivity contribution in [3.8, 4) is 0 Å². The van der Waals surface area contributed by atoms with Crippen molar-refractivity contribution in [2.45, 2.75) is 263 Å². The second-order valence-electron chi connectivity index (χ2n) is 40.0. The summed E-state index contributed by atoms with van der Waals surface area (Å²) in [7, 11) is -2.07. The van der Waals surface area contributed by atoms with Crippen LogP contribution in [0.15, 0.2) is 159 Å². The van der Waals surface area contributed by atoms with Crippen molar-refractivity contribution in [3.05, 3.63) is 184 Å². The maximum Gasteiger partial charge on any atom is 0.411 e. The van der Waals surface area contributed by atoms with Crippen LogP contribution in [0, 0.1) is 0 Å². The minimum Gasteiger partial charge on any atom is -0.480 e. The average molecular weight is 2050 g/mol. The Balaban J connectivity index is 0.000000150. The Kier molecular flexibility index (Phi) is 39.2.